The number of aromatic nitrogens is 2. The molecule has 15 heavy (non-hydrogen) atoms. The van der Waals surface area contributed by atoms with Crippen LogP contribution in [0.15, 0.2) is 22.8 Å². The van der Waals surface area contributed by atoms with E-state index in [-0.39, 0.29) is 0 Å². The number of H-pyrrole nitrogens is 1. The fourth-order valence-corrected chi connectivity index (χ4v) is 2.10. The summed E-state index contributed by atoms with van der Waals surface area (Å²) in [4.78, 5) is 0. The number of hydrogen-bond donors (Lipinski definition) is 2. The highest BCUT2D eigenvalue weighted by Gasteiger charge is 2.09. The second-order valence-corrected chi connectivity index (χ2v) is 4.69. The van der Waals surface area contributed by atoms with Crippen molar-refractivity contribution in [2.75, 3.05) is 6.54 Å². The van der Waals surface area contributed by atoms with E-state index in [0.29, 0.717) is 12.5 Å². The summed E-state index contributed by atoms with van der Waals surface area (Å²) >= 11 is 3.44. The van der Waals surface area contributed by atoms with Gasteiger partial charge in [0.05, 0.1) is 5.52 Å². The smallest absolute Gasteiger partial charge is 0.108 e. The normalized spacial score (nSPS) is 13.3. The van der Waals surface area contributed by atoms with Crippen LogP contribution in [0.4, 0.5) is 0 Å². The quantitative estimate of drug-likeness (QED) is 0.898. The minimum atomic E-state index is 0.492. The molecule has 4 heteroatoms. The Morgan fingerprint density at radius 1 is 1.53 bits per heavy atom. The van der Waals surface area contributed by atoms with Crippen LogP contribution in [0.2, 0.25) is 0 Å². The Balaban J connectivity index is 2.43. The molecule has 2 rings (SSSR count). The van der Waals surface area contributed by atoms with Gasteiger partial charge in [-0.2, -0.15) is 5.10 Å². The molecule has 0 bridgehead atoms. The summed E-state index contributed by atoms with van der Waals surface area (Å²) in [6, 6.07) is 6.22. The number of nitrogens with zero attached hydrogens (tertiary/aromatic N) is 1. The van der Waals surface area contributed by atoms with E-state index < -0.39 is 0 Å². The average molecular weight is 268 g/mol. The number of nitrogens with two attached hydrogens (primary N) is 1. The lowest BCUT2D eigenvalue weighted by molar-refractivity contribution is 0.594. The molecule has 1 unspecified atom stereocenters. The fourth-order valence-electron chi connectivity index (χ4n) is 1.69. The van der Waals surface area contributed by atoms with Gasteiger partial charge in [-0.15, -0.1) is 0 Å². The lowest BCUT2D eigenvalue weighted by Crippen LogP contribution is -2.13. The van der Waals surface area contributed by atoms with Crippen LogP contribution < -0.4 is 5.73 Å². The van der Waals surface area contributed by atoms with Crippen LogP contribution in [0.1, 0.15) is 12.5 Å². The van der Waals surface area contributed by atoms with Crippen LogP contribution in [-0.2, 0) is 6.42 Å². The van der Waals surface area contributed by atoms with Gasteiger partial charge in [0, 0.05) is 5.39 Å². The number of halogens is 1. The summed E-state index contributed by atoms with van der Waals surface area (Å²) in [5.74, 6) is 0.492. The summed E-state index contributed by atoms with van der Waals surface area (Å²) in [7, 11) is 0. The molecule has 2 aromatic rings. The van der Waals surface area contributed by atoms with Crippen molar-refractivity contribution in [3.63, 3.8) is 0 Å². The molecular weight excluding hydrogens is 254 g/mol. The van der Waals surface area contributed by atoms with E-state index in [1.165, 1.54) is 5.56 Å². The molecule has 3 nitrogen and oxygen atoms in total. The molecule has 0 saturated carbocycles. The Morgan fingerprint density at radius 2 is 2.33 bits per heavy atom. The highest BCUT2D eigenvalue weighted by Crippen LogP contribution is 2.24. The van der Waals surface area contributed by atoms with Gasteiger partial charge in [0.2, 0.25) is 0 Å². The van der Waals surface area contributed by atoms with Crippen LogP contribution in [0, 0.1) is 5.92 Å². The highest BCUT2D eigenvalue weighted by molar-refractivity contribution is 9.10. The van der Waals surface area contributed by atoms with Crippen molar-refractivity contribution in [2.24, 2.45) is 11.7 Å². The molecule has 1 aromatic heterocycles. The summed E-state index contributed by atoms with van der Waals surface area (Å²) in [5.41, 5.74) is 7.93. The molecule has 3 N–H and O–H groups in total. The number of benzene rings is 1. The summed E-state index contributed by atoms with van der Waals surface area (Å²) in [6.07, 6.45) is 0.977. The average Bonchev–Trinajstić information content (AvgIpc) is 2.62. The first-order chi connectivity index (χ1) is 7.22. The van der Waals surface area contributed by atoms with Gasteiger partial charge in [0.1, 0.15) is 4.60 Å². The maximum atomic E-state index is 5.63. The number of nitrogens with one attached hydrogen (secondary N) is 1. The number of para-hydroxylation sites is 1. The third-order valence-corrected chi connectivity index (χ3v) is 3.20. The van der Waals surface area contributed by atoms with Crippen LogP contribution in [-0.4, -0.2) is 16.7 Å². The molecule has 0 fully saturated rings. The summed E-state index contributed by atoms with van der Waals surface area (Å²) in [5, 5.41) is 8.37. The molecule has 0 aliphatic carbocycles. The van der Waals surface area contributed by atoms with Gasteiger partial charge in [-0.25, -0.2) is 0 Å². The number of hydrogen-bond acceptors (Lipinski definition) is 2. The largest absolute Gasteiger partial charge is 0.330 e. The minimum Gasteiger partial charge on any atom is -0.330 e. The SMILES string of the molecule is CC(CN)Cc1cccc2c(Br)[nH]nc12. The van der Waals surface area contributed by atoms with Gasteiger partial charge in [-0.3, -0.25) is 5.10 Å². The second kappa shape index (κ2) is 4.33. The molecule has 0 aliphatic heterocycles. The number of aromatic amines is 1. The first-order valence-corrected chi connectivity index (χ1v) is 5.83. The third kappa shape index (κ3) is 2.06. The molecule has 0 aliphatic rings. The zero-order valence-electron chi connectivity index (χ0n) is 8.63. The minimum absolute atomic E-state index is 0.492. The van der Waals surface area contributed by atoms with Crippen LogP contribution in [0.25, 0.3) is 10.9 Å². The summed E-state index contributed by atoms with van der Waals surface area (Å²) < 4.78 is 0.944. The number of rotatable bonds is 3. The van der Waals surface area contributed by atoms with Crippen molar-refractivity contribution in [1.29, 1.82) is 0 Å². The molecule has 80 valence electrons. The number of fused-ring (bicyclic) bond motifs is 1. The van der Waals surface area contributed by atoms with Crippen LogP contribution >= 0.6 is 15.9 Å². The van der Waals surface area contributed by atoms with Gasteiger partial charge in [0.15, 0.2) is 0 Å². The fraction of sp³-hybridized carbons (Fsp3) is 0.364. The molecule has 1 atom stereocenters. The van der Waals surface area contributed by atoms with Crippen LogP contribution in [0.3, 0.4) is 0 Å². The third-order valence-electron chi connectivity index (χ3n) is 2.59. The lowest BCUT2D eigenvalue weighted by Gasteiger charge is -2.08. The maximum absolute atomic E-state index is 5.63. The zero-order valence-corrected chi connectivity index (χ0v) is 10.2. The highest BCUT2D eigenvalue weighted by atomic mass is 79.9. The van der Waals surface area contributed by atoms with E-state index in [0.717, 1.165) is 21.9 Å². The molecular formula is C11H14BrN3. The van der Waals surface area contributed by atoms with Gasteiger partial charge in [-0.05, 0) is 40.4 Å². The van der Waals surface area contributed by atoms with Gasteiger partial charge in [0.25, 0.3) is 0 Å². The van der Waals surface area contributed by atoms with Gasteiger partial charge in [-0.1, -0.05) is 25.1 Å². The predicted octanol–water partition coefficient (Wildman–Crippen LogP) is 2.46. The first-order valence-electron chi connectivity index (χ1n) is 5.04. The summed E-state index contributed by atoms with van der Waals surface area (Å²) in [6.45, 7) is 2.86. The van der Waals surface area contributed by atoms with E-state index in [2.05, 4.69) is 51.3 Å². The van der Waals surface area contributed by atoms with Crippen molar-refractivity contribution in [2.45, 2.75) is 13.3 Å². The maximum Gasteiger partial charge on any atom is 0.108 e. The van der Waals surface area contributed by atoms with E-state index in [1.54, 1.807) is 0 Å². The van der Waals surface area contributed by atoms with E-state index >= 15 is 0 Å². The standard InChI is InChI=1S/C11H14BrN3/c1-7(6-13)5-8-3-2-4-9-10(8)14-15-11(9)12/h2-4,7H,5-6,13H2,1H3,(H,14,15). The second-order valence-electron chi connectivity index (χ2n) is 3.90. The van der Waals surface area contributed by atoms with Crippen LogP contribution in [0.5, 0.6) is 0 Å². The Morgan fingerprint density at radius 3 is 3.07 bits per heavy atom. The lowest BCUT2D eigenvalue weighted by atomic mass is 10.00. The first kappa shape index (κ1) is 10.6. The molecule has 1 heterocycles. The zero-order chi connectivity index (χ0) is 10.8. The Hall–Kier alpha value is -0.870. The molecule has 1 aromatic carbocycles. The van der Waals surface area contributed by atoms with E-state index in [4.69, 9.17) is 5.73 Å². The monoisotopic (exact) mass is 267 g/mol. The topological polar surface area (TPSA) is 54.7 Å². The van der Waals surface area contributed by atoms with Gasteiger partial charge < -0.3 is 5.73 Å². The van der Waals surface area contributed by atoms with Crippen molar-refractivity contribution in [3.8, 4) is 0 Å². The van der Waals surface area contributed by atoms with Crippen molar-refractivity contribution >= 4 is 26.8 Å². The Labute approximate surface area is 97.2 Å². The van der Waals surface area contributed by atoms with E-state index in [9.17, 15) is 0 Å². The van der Waals surface area contributed by atoms with Crippen molar-refractivity contribution < 1.29 is 0 Å². The Kier molecular flexibility index (Phi) is 3.07. The van der Waals surface area contributed by atoms with Crippen molar-refractivity contribution in [3.05, 3.63) is 28.4 Å². The van der Waals surface area contributed by atoms with Gasteiger partial charge >= 0.3 is 0 Å². The molecule has 0 saturated heterocycles. The Bertz CT molecular complexity index is 464. The predicted molar refractivity (Wildman–Crippen MR) is 65.7 cm³/mol. The van der Waals surface area contributed by atoms with Crippen molar-refractivity contribution in [1.82, 2.24) is 10.2 Å². The molecule has 0 amide bonds. The molecule has 0 radical (unpaired) electrons. The van der Waals surface area contributed by atoms with E-state index in [1.807, 2.05) is 0 Å². The molecule has 0 spiro atoms.